The first-order valence-corrected chi connectivity index (χ1v) is 12.4. The molecule has 33 heavy (non-hydrogen) atoms. The number of morpholine rings is 1. The summed E-state index contributed by atoms with van der Waals surface area (Å²) in [5.41, 5.74) is 5.28. The van der Waals surface area contributed by atoms with E-state index in [1.807, 2.05) is 7.05 Å². The minimum Gasteiger partial charge on any atom is -0.379 e. The third kappa shape index (κ3) is 6.95. The Morgan fingerprint density at radius 1 is 0.909 bits per heavy atom. The lowest BCUT2D eigenvalue weighted by molar-refractivity contribution is 0.0341. The predicted octanol–water partition coefficient (Wildman–Crippen LogP) is 3.62. The Balaban J connectivity index is 1.26. The van der Waals surface area contributed by atoms with Crippen molar-refractivity contribution in [2.45, 2.75) is 39.4 Å². The average Bonchev–Trinajstić information content (AvgIpc) is 2.86. The van der Waals surface area contributed by atoms with Gasteiger partial charge in [0.25, 0.3) is 0 Å². The number of piperidine rings is 1. The molecule has 0 saturated carbocycles. The van der Waals surface area contributed by atoms with Crippen molar-refractivity contribution in [1.29, 1.82) is 0 Å². The summed E-state index contributed by atoms with van der Waals surface area (Å²) in [4.78, 5) is 9.39. The first kappa shape index (κ1) is 23.6. The predicted molar refractivity (Wildman–Crippen MR) is 137 cm³/mol. The summed E-state index contributed by atoms with van der Waals surface area (Å²) in [6, 6.07) is 17.6. The SMILES string of the molecule is CN=C(NCc1ccc(N2CCC(C)CC2)cc1)NCc1ccccc1CN1CCOCC1. The molecule has 2 saturated heterocycles. The van der Waals surface area contributed by atoms with Gasteiger partial charge in [-0.2, -0.15) is 0 Å². The standard InChI is InChI=1S/C27H39N5O/c1-22-11-13-32(14-12-22)26-9-7-23(8-10-26)19-29-27(28-2)30-20-24-5-3-4-6-25(24)21-31-15-17-33-18-16-31/h3-10,22H,11-21H2,1-2H3,(H2,28,29,30). The van der Waals surface area contributed by atoms with Crippen molar-refractivity contribution >= 4 is 11.6 Å². The Kier molecular flexibility index (Phi) is 8.61. The Morgan fingerprint density at radius 3 is 2.27 bits per heavy atom. The van der Waals surface area contributed by atoms with E-state index in [1.54, 1.807) is 0 Å². The number of ether oxygens (including phenoxy) is 1. The van der Waals surface area contributed by atoms with Crippen LogP contribution in [0.1, 0.15) is 36.5 Å². The quantitative estimate of drug-likeness (QED) is 0.500. The summed E-state index contributed by atoms with van der Waals surface area (Å²) >= 11 is 0. The number of benzene rings is 2. The fourth-order valence-corrected chi connectivity index (χ4v) is 4.56. The third-order valence-electron chi connectivity index (χ3n) is 6.83. The Morgan fingerprint density at radius 2 is 1.58 bits per heavy atom. The van der Waals surface area contributed by atoms with Gasteiger partial charge in [0, 0.05) is 58.5 Å². The molecule has 0 radical (unpaired) electrons. The Hall–Kier alpha value is -2.57. The molecular formula is C27H39N5O. The number of hydrogen-bond donors (Lipinski definition) is 2. The van der Waals surface area contributed by atoms with E-state index in [0.717, 1.165) is 57.8 Å². The molecule has 0 unspecified atom stereocenters. The molecule has 2 aliphatic heterocycles. The highest BCUT2D eigenvalue weighted by Gasteiger charge is 2.16. The monoisotopic (exact) mass is 449 g/mol. The zero-order valence-corrected chi connectivity index (χ0v) is 20.2. The van der Waals surface area contributed by atoms with Gasteiger partial charge >= 0.3 is 0 Å². The molecule has 6 heteroatoms. The number of hydrogen-bond acceptors (Lipinski definition) is 4. The zero-order valence-electron chi connectivity index (χ0n) is 20.2. The molecule has 0 aromatic heterocycles. The highest BCUT2D eigenvalue weighted by molar-refractivity contribution is 5.79. The molecule has 2 N–H and O–H groups in total. The maximum Gasteiger partial charge on any atom is 0.191 e. The van der Waals surface area contributed by atoms with Crippen LogP contribution in [0.25, 0.3) is 0 Å². The molecule has 2 aliphatic rings. The van der Waals surface area contributed by atoms with Crippen molar-refractivity contribution in [1.82, 2.24) is 15.5 Å². The molecule has 0 amide bonds. The summed E-state index contributed by atoms with van der Waals surface area (Å²) in [7, 11) is 1.83. The molecule has 178 valence electrons. The lowest BCUT2D eigenvalue weighted by atomic mass is 9.99. The normalized spacial score (nSPS) is 18.4. The number of aliphatic imine (C=N–C) groups is 1. The topological polar surface area (TPSA) is 52.1 Å². The van der Waals surface area contributed by atoms with Crippen molar-refractivity contribution in [2.24, 2.45) is 10.9 Å². The Bertz CT molecular complexity index is 884. The fourth-order valence-electron chi connectivity index (χ4n) is 4.56. The van der Waals surface area contributed by atoms with Crippen LogP contribution in [0.2, 0.25) is 0 Å². The molecule has 0 atom stereocenters. The molecular weight excluding hydrogens is 410 g/mol. The molecule has 4 rings (SSSR count). The van der Waals surface area contributed by atoms with Gasteiger partial charge in [-0.05, 0) is 47.6 Å². The van der Waals surface area contributed by atoms with Crippen LogP contribution >= 0.6 is 0 Å². The number of guanidine groups is 1. The average molecular weight is 450 g/mol. The van der Waals surface area contributed by atoms with Crippen LogP contribution < -0.4 is 15.5 Å². The summed E-state index contributed by atoms with van der Waals surface area (Å²) in [5.74, 6) is 1.68. The van der Waals surface area contributed by atoms with Gasteiger partial charge in [0.05, 0.1) is 13.2 Å². The van der Waals surface area contributed by atoms with Crippen LogP contribution in [0.3, 0.4) is 0 Å². The van der Waals surface area contributed by atoms with Crippen molar-refractivity contribution in [3.8, 4) is 0 Å². The lowest BCUT2D eigenvalue weighted by Crippen LogP contribution is -2.37. The molecule has 6 nitrogen and oxygen atoms in total. The maximum atomic E-state index is 5.49. The minimum absolute atomic E-state index is 0.756. The number of anilines is 1. The van der Waals surface area contributed by atoms with Crippen molar-refractivity contribution in [3.63, 3.8) is 0 Å². The van der Waals surface area contributed by atoms with Crippen LogP contribution in [-0.4, -0.2) is 57.3 Å². The molecule has 0 aliphatic carbocycles. The highest BCUT2D eigenvalue weighted by atomic mass is 16.5. The summed E-state index contributed by atoms with van der Waals surface area (Å²) < 4.78 is 5.49. The van der Waals surface area contributed by atoms with Gasteiger partial charge in [-0.3, -0.25) is 9.89 Å². The second-order valence-electron chi connectivity index (χ2n) is 9.27. The Labute approximate surface area is 199 Å². The van der Waals surface area contributed by atoms with E-state index < -0.39 is 0 Å². The van der Waals surface area contributed by atoms with E-state index >= 15 is 0 Å². The minimum atomic E-state index is 0.756. The second kappa shape index (κ2) is 12.1. The van der Waals surface area contributed by atoms with Crippen LogP contribution in [0, 0.1) is 5.92 Å². The van der Waals surface area contributed by atoms with Gasteiger partial charge in [0.1, 0.15) is 0 Å². The van der Waals surface area contributed by atoms with Crippen LogP contribution in [0.5, 0.6) is 0 Å². The third-order valence-corrected chi connectivity index (χ3v) is 6.83. The molecule has 2 fully saturated rings. The van der Waals surface area contributed by atoms with E-state index in [-0.39, 0.29) is 0 Å². The van der Waals surface area contributed by atoms with Crippen LogP contribution in [-0.2, 0) is 24.4 Å². The largest absolute Gasteiger partial charge is 0.379 e. The van der Waals surface area contributed by atoms with E-state index in [2.05, 4.69) is 80.9 Å². The number of nitrogens with one attached hydrogen (secondary N) is 2. The smallest absolute Gasteiger partial charge is 0.191 e. The zero-order chi connectivity index (χ0) is 22.9. The van der Waals surface area contributed by atoms with Gasteiger partial charge in [0.15, 0.2) is 5.96 Å². The molecule has 2 aromatic carbocycles. The highest BCUT2D eigenvalue weighted by Crippen LogP contribution is 2.23. The van der Waals surface area contributed by atoms with E-state index in [9.17, 15) is 0 Å². The molecule has 2 aromatic rings. The van der Waals surface area contributed by atoms with E-state index in [4.69, 9.17) is 4.74 Å². The molecule has 0 spiro atoms. The maximum absolute atomic E-state index is 5.49. The van der Waals surface area contributed by atoms with Gasteiger partial charge in [-0.15, -0.1) is 0 Å². The van der Waals surface area contributed by atoms with E-state index in [1.165, 1.54) is 48.3 Å². The van der Waals surface area contributed by atoms with Crippen molar-refractivity contribution in [3.05, 3.63) is 65.2 Å². The van der Waals surface area contributed by atoms with Crippen LogP contribution in [0.15, 0.2) is 53.5 Å². The summed E-state index contributed by atoms with van der Waals surface area (Å²) in [6.45, 7) is 10.8. The van der Waals surface area contributed by atoms with E-state index in [0.29, 0.717) is 0 Å². The number of nitrogens with zero attached hydrogens (tertiary/aromatic N) is 3. The van der Waals surface area contributed by atoms with Gasteiger partial charge in [-0.25, -0.2) is 0 Å². The fraction of sp³-hybridized carbons (Fsp3) is 0.519. The lowest BCUT2D eigenvalue weighted by Gasteiger charge is -2.32. The summed E-state index contributed by atoms with van der Waals surface area (Å²) in [6.07, 6.45) is 2.59. The van der Waals surface area contributed by atoms with Gasteiger partial charge in [-0.1, -0.05) is 43.3 Å². The number of rotatable bonds is 7. The first-order valence-electron chi connectivity index (χ1n) is 12.4. The summed E-state index contributed by atoms with van der Waals surface area (Å²) in [5, 5.41) is 6.95. The van der Waals surface area contributed by atoms with Gasteiger partial charge in [0.2, 0.25) is 0 Å². The van der Waals surface area contributed by atoms with Gasteiger partial charge < -0.3 is 20.3 Å². The second-order valence-corrected chi connectivity index (χ2v) is 9.27. The first-order chi connectivity index (χ1) is 16.2. The molecule has 2 heterocycles. The van der Waals surface area contributed by atoms with Crippen molar-refractivity contribution in [2.75, 3.05) is 51.3 Å². The van der Waals surface area contributed by atoms with Crippen LogP contribution in [0.4, 0.5) is 5.69 Å². The molecule has 0 bridgehead atoms. The van der Waals surface area contributed by atoms with Crippen molar-refractivity contribution < 1.29 is 4.74 Å².